The highest BCUT2D eigenvalue weighted by Gasteiger charge is 2.24. The maximum absolute atomic E-state index is 13.5. The predicted molar refractivity (Wildman–Crippen MR) is 136 cm³/mol. The number of aromatic nitrogens is 2. The SMILES string of the molecule is CN[C@@H](C)C(=O)Nc1ncc(-c2ccc(F)cc2)n(CCN(C)[C@@H]2CCCc3ccccc32)c1=O. The third-order valence-corrected chi connectivity index (χ3v) is 6.81. The van der Waals surface area contributed by atoms with Crippen molar-refractivity contribution >= 4 is 11.7 Å². The Balaban J connectivity index is 1.63. The second kappa shape index (κ2) is 10.9. The van der Waals surface area contributed by atoms with Gasteiger partial charge < -0.3 is 15.2 Å². The van der Waals surface area contributed by atoms with Gasteiger partial charge in [0.25, 0.3) is 5.56 Å². The van der Waals surface area contributed by atoms with Gasteiger partial charge in [0.1, 0.15) is 5.82 Å². The molecule has 8 heteroatoms. The molecular formula is C27H32FN5O2. The maximum Gasteiger partial charge on any atom is 0.294 e. The third kappa shape index (κ3) is 5.49. The highest BCUT2D eigenvalue weighted by molar-refractivity contribution is 5.93. The summed E-state index contributed by atoms with van der Waals surface area (Å²) in [6.07, 6.45) is 4.84. The first kappa shape index (κ1) is 24.8. The van der Waals surface area contributed by atoms with E-state index in [0.29, 0.717) is 24.3 Å². The standard InChI is InChI=1S/C27H32FN5O2/c1-18(29-2)26(34)31-25-27(35)33(24(17-30-25)20-11-13-21(28)14-12-20)16-15-32(3)23-10-6-8-19-7-4-5-9-22(19)23/h4-5,7,9,11-14,17-18,23,29H,6,8,10,15-16H2,1-3H3,(H,30,31,34)/t18-,23+/m0/s1. The van der Waals surface area contributed by atoms with Gasteiger partial charge in [-0.15, -0.1) is 0 Å². The van der Waals surface area contributed by atoms with E-state index in [1.54, 1.807) is 36.9 Å². The fourth-order valence-corrected chi connectivity index (χ4v) is 4.60. The molecule has 2 aromatic carbocycles. The predicted octanol–water partition coefficient (Wildman–Crippen LogP) is 3.61. The van der Waals surface area contributed by atoms with Crippen LogP contribution in [0, 0.1) is 5.82 Å². The number of nitrogens with zero attached hydrogens (tertiary/aromatic N) is 3. The number of rotatable bonds is 8. The Morgan fingerprint density at radius 3 is 2.71 bits per heavy atom. The summed E-state index contributed by atoms with van der Waals surface area (Å²) in [7, 11) is 3.75. The topological polar surface area (TPSA) is 79.3 Å². The Labute approximate surface area is 205 Å². The number of benzene rings is 2. The molecule has 0 fully saturated rings. The molecule has 0 bridgehead atoms. The second-order valence-corrected chi connectivity index (χ2v) is 9.04. The Morgan fingerprint density at radius 1 is 1.23 bits per heavy atom. The van der Waals surface area contributed by atoms with Crippen LogP contribution in [0.15, 0.2) is 59.5 Å². The maximum atomic E-state index is 13.5. The fraction of sp³-hybridized carbons (Fsp3) is 0.370. The van der Waals surface area contributed by atoms with Crippen LogP contribution in [0.1, 0.15) is 36.9 Å². The summed E-state index contributed by atoms with van der Waals surface area (Å²) in [5.41, 5.74) is 3.60. The molecule has 1 heterocycles. The van der Waals surface area contributed by atoms with Gasteiger partial charge in [-0.05, 0) is 75.7 Å². The largest absolute Gasteiger partial charge is 0.309 e. The van der Waals surface area contributed by atoms with Crippen LogP contribution in [0.4, 0.5) is 10.2 Å². The summed E-state index contributed by atoms with van der Waals surface area (Å²) in [4.78, 5) is 32.3. The molecule has 0 unspecified atom stereocenters. The molecule has 1 aliphatic rings. The molecule has 0 saturated heterocycles. The molecule has 1 amide bonds. The summed E-state index contributed by atoms with van der Waals surface area (Å²) in [6.45, 7) is 2.73. The zero-order valence-electron chi connectivity index (χ0n) is 20.4. The lowest BCUT2D eigenvalue weighted by Gasteiger charge is -2.33. The van der Waals surface area contributed by atoms with Crippen molar-refractivity contribution in [2.24, 2.45) is 0 Å². The van der Waals surface area contributed by atoms with Gasteiger partial charge in [-0.2, -0.15) is 0 Å². The van der Waals surface area contributed by atoms with Gasteiger partial charge in [0.2, 0.25) is 5.91 Å². The number of nitrogens with one attached hydrogen (secondary N) is 2. The summed E-state index contributed by atoms with van der Waals surface area (Å²) >= 11 is 0. The minimum Gasteiger partial charge on any atom is -0.309 e. The number of carbonyl (C=O) groups is 1. The minimum absolute atomic E-state index is 0.0198. The second-order valence-electron chi connectivity index (χ2n) is 9.04. The van der Waals surface area contributed by atoms with E-state index >= 15 is 0 Å². The third-order valence-electron chi connectivity index (χ3n) is 6.81. The van der Waals surface area contributed by atoms with E-state index in [1.807, 2.05) is 0 Å². The van der Waals surface area contributed by atoms with E-state index in [-0.39, 0.29) is 29.1 Å². The Bertz CT molecular complexity index is 1240. The van der Waals surface area contributed by atoms with Gasteiger partial charge in [-0.25, -0.2) is 9.37 Å². The summed E-state index contributed by atoms with van der Waals surface area (Å²) in [6, 6.07) is 14.3. The molecule has 2 N–H and O–H groups in total. The van der Waals surface area contributed by atoms with Gasteiger partial charge in [0, 0.05) is 24.7 Å². The van der Waals surface area contributed by atoms with E-state index in [9.17, 15) is 14.0 Å². The van der Waals surface area contributed by atoms with E-state index in [2.05, 4.69) is 51.8 Å². The average molecular weight is 478 g/mol. The first-order chi connectivity index (χ1) is 16.9. The monoisotopic (exact) mass is 477 g/mol. The lowest BCUT2D eigenvalue weighted by Crippen LogP contribution is -2.39. The first-order valence-corrected chi connectivity index (χ1v) is 12.0. The van der Waals surface area contributed by atoms with E-state index < -0.39 is 6.04 Å². The van der Waals surface area contributed by atoms with Gasteiger partial charge in [-0.3, -0.25) is 14.5 Å². The number of hydrogen-bond acceptors (Lipinski definition) is 5. The van der Waals surface area contributed by atoms with Gasteiger partial charge >= 0.3 is 0 Å². The number of anilines is 1. The van der Waals surface area contributed by atoms with Crippen LogP contribution >= 0.6 is 0 Å². The van der Waals surface area contributed by atoms with Crippen LogP contribution in [-0.2, 0) is 17.8 Å². The lowest BCUT2D eigenvalue weighted by atomic mass is 9.87. The molecule has 1 aliphatic carbocycles. The number of hydrogen-bond donors (Lipinski definition) is 2. The molecule has 0 radical (unpaired) electrons. The summed E-state index contributed by atoms with van der Waals surface area (Å²) in [5, 5.41) is 5.49. The van der Waals surface area contributed by atoms with E-state index in [4.69, 9.17) is 0 Å². The highest BCUT2D eigenvalue weighted by Crippen LogP contribution is 2.33. The normalized spacial score (nSPS) is 16.1. The van der Waals surface area contributed by atoms with Crippen molar-refractivity contribution in [3.63, 3.8) is 0 Å². The number of fused-ring (bicyclic) bond motifs is 1. The number of amides is 1. The van der Waals surface area contributed by atoms with Crippen LogP contribution in [0.5, 0.6) is 0 Å². The molecule has 0 spiro atoms. The molecule has 1 aromatic heterocycles. The molecule has 2 atom stereocenters. The smallest absolute Gasteiger partial charge is 0.294 e. The zero-order valence-corrected chi connectivity index (χ0v) is 20.4. The molecule has 0 saturated carbocycles. The van der Waals surface area contributed by atoms with Crippen LogP contribution in [0.2, 0.25) is 0 Å². The molecule has 3 aromatic rings. The molecule has 7 nitrogen and oxygen atoms in total. The van der Waals surface area contributed by atoms with Crippen LogP contribution in [-0.4, -0.2) is 47.0 Å². The van der Waals surface area contributed by atoms with Crippen molar-refractivity contribution < 1.29 is 9.18 Å². The quantitative estimate of drug-likeness (QED) is 0.518. The van der Waals surface area contributed by atoms with Gasteiger partial charge in [0.15, 0.2) is 5.82 Å². The Morgan fingerprint density at radius 2 is 1.97 bits per heavy atom. The number of halogens is 1. The number of likely N-dealkylation sites (N-methyl/N-ethyl adjacent to an activating group) is 2. The van der Waals surface area contributed by atoms with Crippen LogP contribution in [0.3, 0.4) is 0 Å². The van der Waals surface area contributed by atoms with Crippen molar-refractivity contribution in [1.82, 2.24) is 19.8 Å². The fourth-order valence-electron chi connectivity index (χ4n) is 4.60. The van der Waals surface area contributed by atoms with Crippen molar-refractivity contribution in [2.45, 2.75) is 44.8 Å². The average Bonchev–Trinajstić information content (AvgIpc) is 2.88. The van der Waals surface area contributed by atoms with Crippen molar-refractivity contribution in [3.05, 3.63) is 82.0 Å². The molecule has 0 aliphatic heterocycles. The zero-order chi connectivity index (χ0) is 24.9. The van der Waals surface area contributed by atoms with Gasteiger partial charge in [-0.1, -0.05) is 24.3 Å². The van der Waals surface area contributed by atoms with Crippen LogP contribution < -0.4 is 16.2 Å². The van der Waals surface area contributed by atoms with E-state index in [1.165, 1.54) is 23.3 Å². The Hall–Kier alpha value is -3.36. The van der Waals surface area contributed by atoms with Crippen molar-refractivity contribution in [1.29, 1.82) is 0 Å². The first-order valence-electron chi connectivity index (χ1n) is 12.0. The molecule has 184 valence electrons. The summed E-state index contributed by atoms with van der Waals surface area (Å²) < 4.78 is 15.2. The van der Waals surface area contributed by atoms with Crippen molar-refractivity contribution in [2.75, 3.05) is 26.0 Å². The minimum atomic E-state index is -0.473. The molecule has 35 heavy (non-hydrogen) atoms. The van der Waals surface area contributed by atoms with E-state index in [0.717, 1.165) is 19.3 Å². The molecule has 4 rings (SSSR count). The summed E-state index contributed by atoms with van der Waals surface area (Å²) in [5.74, 6) is -0.709. The lowest BCUT2D eigenvalue weighted by molar-refractivity contribution is -0.117. The molecular weight excluding hydrogens is 445 g/mol. The van der Waals surface area contributed by atoms with Crippen LogP contribution in [0.25, 0.3) is 11.3 Å². The highest BCUT2D eigenvalue weighted by atomic mass is 19.1. The van der Waals surface area contributed by atoms with Crippen molar-refractivity contribution in [3.8, 4) is 11.3 Å². The van der Waals surface area contributed by atoms with Gasteiger partial charge in [0.05, 0.1) is 17.9 Å². The Kier molecular flexibility index (Phi) is 7.73. The number of carbonyl (C=O) groups excluding carboxylic acids is 1. The number of aryl methyl sites for hydroxylation is 1.